The number of anilines is 1. The van der Waals surface area contributed by atoms with Crippen molar-refractivity contribution in [3.8, 4) is 0 Å². The van der Waals surface area contributed by atoms with Crippen LogP contribution in [0.15, 0.2) is 22.8 Å². The van der Waals surface area contributed by atoms with E-state index in [1.165, 1.54) is 18.4 Å². The first-order valence-corrected chi connectivity index (χ1v) is 5.58. The number of nitrogens with zero attached hydrogens (tertiary/aromatic N) is 1. The molecule has 0 aliphatic carbocycles. The van der Waals surface area contributed by atoms with Crippen LogP contribution in [0.25, 0.3) is 11.0 Å². The van der Waals surface area contributed by atoms with Gasteiger partial charge < -0.3 is 14.6 Å². The number of piperazine rings is 1. The molecule has 1 aliphatic heterocycles. The average Bonchev–Trinajstić information content (AvgIpc) is 2.78. The van der Waals surface area contributed by atoms with Crippen LogP contribution in [0.2, 0.25) is 0 Å². The molecule has 90 valence electrons. The highest BCUT2D eigenvalue weighted by Crippen LogP contribution is 2.31. The lowest BCUT2D eigenvalue weighted by atomic mass is 10.2. The fourth-order valence-electron chi connectivity index (χ4n) is 2.21. The molecule has 0 atom stereocenters. The number of nitrogens with one attached hydrogen (secondary N) is 1. The summed E-state index contributed by atoms with van der Waals surface area (Å²) in [7, 11) is 0. The minimum Gasteiger partial charge on any atom is -0.464 e. The Kier molecular flexibility index (Phi) is 2.48. The molecule has 0 unspecified atom stereocenters. The Labute approximate surface area is 97.0 Å². The lowest BCUT2D eigenvalue weighted by molar-refractivity contribution is 0.539. The topological polar surface area (TPSA) is 28.4 Å². The minimum atomic E-state index is -0.563. The number of halogens is 2. The first-order chi connectivity index (χ1) is 8.27. The maximum atomic E-state index is 14.2. The lowest BCUT2D eigenvalue weighted by Gasteiger charge is -2.30. The highest BCUT2D eigenvalue weighted by Gasteiger charge is 2.22. The van der Waals surface area contributed by atoms with E-state index in [4.69, 9.17) is 4.42 Å². The maximum Gasteiger partial charge on any atom is 0.160 e. The average molecular weight is 238 g/mol. The van der Waals surface area contributed by atoms with Crippen molar-refractivity contribution in [1.29, 1.82) is 0 Å². The van der Waals surface area contributed by atoms with Gasteiger partial charge in [-0.3, -0.25) is 0 Å². The van der Waals surface area contributed by atoms with Gasteiger partial charge in [-0.25, -0.2) is 8.78 Å². The van der Waals surface area contributed by atoms with Gasteiger partial charge in [0.1, 0.15) is 11.3 Å². The van der Waals surface area contributed by atoms with E-state index in [1.807, 2.05) is 0 Å². The van der Waals surface area contributed by atoms with E-state index in [0.717, 1.165) is 13.1 Å². The summed E-state index contributed by atoms with van der Waals surface area (Å²) in [5, 5.41) is 3.48. The fourth-order valence-corrected chi connectivity index (χ4v) is 2.21. The second-order valence-corrected chi connectivity index (χ2v) is 4.09. The van der Waals surface area contributed by atoms with E-state index < -0.39 is 11.6 Å². The third kappa shape index (κ3) is 1.67. The Balaban J connectivity index is 2.13. The van der Waals surface area contributed by atoms with E-state index in [1.54, 1.807) is 4.90 Å². The van der Waals surface area contributed by atoms with Crippen molar-refractivity contribution in [2.24, 2.45) is 0 Å². The third-order valence-corrected chi connectivity index (χ3v) is 3.06. The normalized spacial score (nSPS) is 16.7. The minimum absolute atomic E-state index is 0.0559. The Bertz CT molecular complexity index is 547. The number of hydrogen-bond acceptors (Lipinski definition) is 3. The summed E-state index contributed by atoms with van der Waals surface area (Å²) in [5.41, 5.74) is 0.305. The van der Waals surface area contributed by atoms with Crippen LogP contribution >= 0.6 is 0 Å². The summed E-state index contributed by atoms with van der Waals surface area (Å²) in [5.74, 6) is -1.09. The summed E-state index contributed by atoms with van der Waals surface area (Å²) in [4.78, 5) is 1.73. The molecule has 1 aromatic carbocycles. The molecule has 1 N–H and O–H groups in total. The third-order valence-electron chi connectivity index (χ3n) is 3.06. The van der Waals surface area contributed by atoms with Gasteiger partial charge in [-0.15, -0.1) is 0 Å². The van der Waals surface area contributed by atoms with Gasteiger partial charge in [-0.1, -0.05) is 0 Å². The molecule has 3 nitrogen and oxygen atoms in total. The molecule has 0 spiro atoms. The summed E-state index contributed by atoms with van der Waals surface area (Å²) in [6, 6.07) is 2.77. The number of rotatable bonds is 1. The van der Waals surface area contributed by atoms with Gasteiger partial charge in [0.15, 0.2) is 11.6 Å². The molecule has 0 radical (unpaired) electrons. The second kappa shape index (κ2) is 4.00. The van der Waals surface area contributed by atoms with Crippen molar-refractivity contribution in [3.63, 3.8) is 0 Å². The van der Waals surface area contributed by atoms with Gasteiger partial charge in [0.25, 0.3) is 0 Å². The van der Waals surface area contributed by atoms with Crippen molar-refractivity contribution in [3.05, 3.63) is 30.0 Å². The molecule has 2 heterocycles. The number of fused-ring (bicyclic) bond motifs is 1. The van der Waals surface area contributed by atoms with Gasteiger partial charge in [-0.2, -0.15) is 0 Å². The maximum absolute atomic E-state index is 14.2. The smallest absolute Gasteiger partial charge is 0.160 e. The van der Waals surface area contributed by atoms with Gasteiger partial charge in [-0.05, 0) is 6.07 Å². The molecule has 5 heteroatoms. The second-order valence-electron chi connectivity index (χ2n) is 4.09. The predicted octanol–water partition coefficient (Wildman–Crippen LogP) is 2.12. The Morgan fingerprint density at radius 3 is 2.76 bits per heavy atom. The molecule has 3 rings (SSSR count). The zero-order chi connectivity index (χ0) is 11.8. The van der Waals surface area contributed by atoms with E-state index in [2.05, 4.69) is 5.32 Å². The van der Waals surface area contributed by atoms with Crippen molar-refractivity contribution >= 4 is 16.7 Å². The van der Waals surface area contributed by atoms with Crippen molar-refractivity contribution in [2.45, 2.75) is 0 Å². The molecule has 1 fully saturated rings. The van der Waals surface area contributed by atoms with Crippen LogP contribution < -0.4 is 10.2 Å². The standard InChI is InChI=1S/C12H12F2N2O/c13-9-7-10-8(1-6-17-10)11(14)12(9)16-4-2-15-3-5-16/h1,6-7,15H,2-5H2. The highest BCUT2D eigenvalue weighted by atomic mass is 19.1. The monoisotopic (exact) mass is 238 g/mol. The first-order valence-electron chi connectivity index (χ1n) is 5.58. The number of hydrogen-bond donors (Lipinski definition) is 1. The van der Waals surface area contributed by atoms with Crippen molar-refractivity contribution in [1.82, 2.24) is 5.32 Å². The van der Waals surface area contributed by atoms with Crippen LogP contribution in [0.5, 0.6) is 0 Å². The van der Waals surface area contributed by atoms with Crippen LogP contribution in [0.3, 0.4) is 0 Å². The van der Waals surface area contributed by atoms with Gasteiger partial charge in [0.2, 0.25) is 0 Å². The number of benzene rings is 1. The van der Waals surface area contributed by atoms with Gasteiger partial charge in [0, 0.05) is 32.2 Å². The van der Waals surface area contributed by atoms with E-state index in [0.29, 0.717) is 18.5 Å². The molecule has 0 saturated carbocycles. The molecular weight excluding hydrogens is 226 g/mol. The summed E-state index contributed by atoms with van der Waals surface area (Å²) in [6.45, 7) is 2.69. The molecule has 2 aromatic rings. The molecule has 17 heavy (non-hydrogen) atoms. The van der Waals surface area contributed by atoms with Crippen molar-refractivity contribution in [2.75, 3.05) is 31.1 Å². The van der Waals surface area contributed by atoms with E-state index >= 15 is 0 Å². The molecule has 1 aliphatic rings. The zero-order valence-corrected chi connectivity index (χ0v) is 9.17. The molecule has 0 amide bonds. The lowest BCUT2D eigenvalue weighted by Crippen LogP contribution is -2.44. The number of furan rings is 1. The molecule has 1 aromatic heterocycles. The van der Waals surface area contributed by atoms with E-state index in [-0.39, 0.29) is 11.3 Å². The summed E-state index contributed by atoms with van der Waals surface area (Å²) < 4.78 is 33.1. The Hall–Kier alpha value is -1.62. The molecular formula is C12H12F2N2O. The summed E-state index contributed by atoms with van der Waals surface area (Å²) >= 11 is 0. The van der Waals surface area contributed by atoms with Gasteiger partial charge >= 0.3 is 0 Å². The first kappa shape index (κ1) is 10.5. The van der Waals surface area contributed by atoms with Gasteiger partial charge in [0.05, 0.1) is 11.6 Å². The fraction of sp³-hybridized carbons (Fsp3) is 0.333. The predicted molar refractivity (Wildman–Crippen MR) is 61.2 cm³/mol. The highest BCUT2D eigenvalue weighted by molar-refractivity contribution is 5.82. The van der Waals surface area contributed by atoms with Crippen LogP contribution in [0.1, 0.15) is 0 Å². The zero-order valence-electron chi connectivity index (χ0n) is 9.17. The molecule has 1 saturated heterocycles. The SMILES string of the molecule is Fc1cc2occc2c(F)c1N1CCNCC1. The van der Waals surface area contributed by atoms with Crippen LogP contribution in [0.4, 0.5) is 14.5 Å². The summed E-state index contributed by atoms with van der Waals surface area (Å²) in [6.07, 6.45) is 1.37. The molecule has 0 bridgehead atoms. The van der Waals surface area contributed by atoms with Crippen LogP contribution in [0, 0.1) is 11.6 Å². The Morgan fingerprint density at radius 1 is 1.24 bits per heavy atom. The largest absolute Gasteiger partial charge is 0.464 e. The quantitative estimate of drug-likeness (QED) is 0.825. The Morgan fingerprint density at radius 2 is 2.00 bits per heavy atom. The van der Waals surface area contributed by atoms with Crippen LogP contribution in [-0.2, 0) is 0 Å². The van der Waals surface area contributed by atoms with E-state index in [9.17, 15) is 8.78 Å². The van der Waals surface area contributed by atoms with Crippen LogP contribution in [-0.4, -0.2) is 26.2 Å². The van der Waals surface area contributed by atoms with Crippen molar-refractivity contribution < 1.29 is 13.2 Å².